The van der Waals surface area contributed by atoms with E-state index < -0.39 is 86.8 Å². The maximum Gasteiger partial charge on any atom is 0.220 e. The molecule has 0 aliphatic carbocycles. The number of nitrogens with one attached hydrogen (secondary N) is 1. The molecule has 2 aliphatic rings. The molecule has 94 heavy (non-hydrogen) atoms. The van der Waals surface area contributed by atoms with Gasteiger partial charge in [-0.15, -0.1) is 0 Å². The van der Waals surface area contributed by atoms with E-state index >= 15 is 0 Å². The molecule has 2 rings (SSSR count). The lowest BCUT2D eigenvalue weighted by molar-refractivity contribution is -0.359. The molecule has 560 valence electrons. The molecule has 0 spiro atoms. The standard InChI is InChI=1S/C80H157NO13/c1-3-5-7-9-11-13-15-17-19-21-23-25-26-27-28-29-30-31-32-33-34-35-36-37-38-39-40-41-42-43-44-46-48-50-52-54-56-58-60-62-64-72(85)81-68(69(84)63-61-59-57-55-53-51-49-47-45-24-22-20-18-16-14-12-10-8-6-4-2)67-91-79-77(90)75(88)78(71(66-83)93-79)94-80-76(89)74(87)73(86)70(65-82)92-80/h68-71,73-80,82-84,86-90H,3-67H2,1-2H3,(H,81,85). The van der Waals surface area contributed by atoms with E-state index in [1.54, 1.807) is 0 Å². The molecule has 9 N–H and O–H groups in total. The largest absolute Gasteiger partial charge is 0.394 e. The van der Waals surface area contributed by atoms with Crippen LogP contribution in [-0.4, -0.2) is 140 Å². The van der Waals surface area contributed by atoms with Gasteiger partial charge in [-0.1, -0.05) is 393 Å². The van der Waals surface area contributed by atoms with Gasteiger partial charge in [-0.2, -0.15) is 0 Å². The predicted octanol–water partition coefficient (Wildman–Crippen LogP) is 18.7. The minimum atomic E-state index is -1.78. The SMILES string of the molecule is CCCCCCCCCCCCCCCCCCCCCCCCCCCCCCCCCCCCCCCCCCC(=O)NC(COC1OC(CO)C(OC2OC(CO)C(O)C(O)C2O)C(O)C1O)C(O)CCCCCCCCCCCCCCCCCCCCCC. The normalized spacial score (nSPS) is 22.3. The lowest BCUT2D eigenvalue weighted by Gasteiger charge is -2.46. The second-order valence-electron chi connectivity index (χ2n) is 29.6. The molecule has 0 aromatic rings. The summed E-state index contributed by atoms with van der Waals surface area (Å²) in [6.07, 6.45) is 64.6. The van der Waals surface area contributed by atoms with E-state index in [2.05, 4.69) is 19.2 Å². The van der Waals surface area contributed by atoms with Crippen LogP contribution in [0.3, 0.4) is 0 Å². The Morgan fingerprint density at radius 3 is 0.904 bits per heavy atom. The molecule has 2 fully saturated rings. The van der Waals surface area contributed by atoms with Gasteiger partial charge in [0, 0.05) is 6.42 Å². The first kappa shape index (κ1) is 89.1. The van der Waals surface area contributed by atoms with Crippen LogP contribution >= 0.6 is 0 Å². The van der Waals surface area contributed by atoms with Crippen molar-refractivity contribution in [1.29, 1.82) is 0 Å². The molecule has 14 heteroatoms. The summed E-state index contributed by atoms with van der Waals surface area (Å²) in [5.74, 6) is -0.195. The van der Waals surface area contributed by atoms with Gasteiger partial charge in [0.25, 0.3) is 0 Å². The van der Waals surface area contributed by atoms with Crippen molar-refractivity contribution in [2.75, 3.05) is 19.8 Å². The van der Waals surface area contributed by atoms with Crippen molar-refractivity contribution in [2.24, 2.45) is 0 Å². The van der Waals surface area contributed by atoms with E-state index in [-0.39, 0.29) is 12.5 Å². The number of carbonyl (C=O) groups excluding carboxylic acids is 1. The summed E-state index contributed by atoms with van der Waals surface area (Å²) < 4.78 is 23.0. The number of aliphatic hydroxyl groups is 8. The molecule has 0 aromatic carbocycles. The third kappa shape index (κ3) is 47.9. The average Bonchev–Trinajstić information content (AvgIpc) is 0.794. The topological polar surface area (TPSA) is 228 Å². The number of rotatable bonds is 71. The number of ether oxygens (including phenoxy) is 4. The zero-order valence-corrected chi connectivity index (χ0v) is 61.5. The van der Waals surface area contributed by atoms with Crippen LogP contribution in [0.5, 0.6) is 0 Å². The Morgan fingerprint density at radius 2 is 0.606 bits per heavy atom. The van der Waals surface area contributed by atoms with Gasteiger partial charge in [0.05, 0.1) is 32.0 Å². The maximum atomic E-state index is 13.4. The molecule has 1 amide bonds. The van der Waals surface area contributed by atoms with E-state index in [1.165, 1.54) is 334 Å². The second kappa shape index (κ2) is 65.3. The fraction of sp³-hybridized carbons (Fsp3) is 0.988. The summed E-state index contributed by atoms with van der Waals surface area (Å²) in [5.41, 5.74) is 0. The smallest absolute Gasteiger partial charge is 0.220 e. The second-order valence-corrected chi connectivity index (χ2v) is 29.6. The Balaban J connectivity index is 1.53. The minimum absolute atomic E-state index is 0.195. The summed E-state index contributed by atoms with van der Waals surface area (Å²) in [6, 6.07) is -0.825. The highest BCUT2D eigenvalue weighted by Crippen LogP contribution is 2.31. The molecule has 12 atom stereocenters. The van der Waals surface area contributed by atoms with Gasteiger partial charge in [-0.25, -0.2) is 0 Å². The van der Waals surface area contributed by atoms with Gasteiger partial charge in [0.1, 0.15) is 48.8 Å². The highest BCUT2D eigenvalue weighted by atomic mass is 16.7. The number of carbonyl (C=O) groups is 1. The van der Waals surface area contributed by atoms with Gasteiger partial charge in [0.2, 0.25) is 5.91 Å². The summed E-state index contributed by atoms with van der Waals surface area (Å²) >= 11 is 0. The minimum Gasteiger partial charge on any atom is -0.394 e. The van der Waals surface area contributed by atoms with Crippen LogP contribution < -0.4 is 5.32 Å². The Bertz CT molecular complexity index is 1580. The van der Waals surface area contributed by atoms with E-state index in [1.807, 2.05) is 0 Å². The van der Waals surface area contributed by atoms with Gasteiger partial charge in [0.15, 0.2) is 12.6 Å². The molecule has 0 aromatic heterocycles. The Kier molecular flexibility index (Phi) is 61.9. The van der Waals surface area contributed by atoms with Crippen molar-refractivity contribution < 1.29 is 64.6 Å². The summed E-state index contributed by atoms with van der Waals surface area (Å²) in [7, 11) is 0. The average molecular weight is 1340 g/mol. The maximum absolute atomic E-state index is 13.4. The van der Waals surface area contributed by atoms with E-state index in [0.29, 0.717) is 12.8 Å². The molecule has 0 radical (unpaired) electrons. The molecule has 12 unspecified atom stereocenters. The lowest BCUT2D eigenvalue weighted by Crippen LogP contribution is -2.65. The van der Waals surface area contributed by atoms with Crippen molar-refractivity contribution in [3.63, 3.8) is 0 Å². The molecule has 0 saturated carbocycles. The Hall–Kier alpha value is -1.01. The van der Waals surface area contributed by atoms with Crippen molar-refractivity contribution in [2.45, 2.75) is 485 Å². The van der Waals surface area contributed by atoms with Crippen molar-refractivity contribution >= 4 is 5.91 Å². The Morgan fingerprint density at radius 1 is 0.340 bits per heavy atom. The third-order valence-corrected chi connectivity index (χ3v) is 20.8. The van der Waals surface area contributed by atoms with Gasteiger partial charge in [-0.05, 0) is 12.8 Å². The van der Waals surface area contributed by atoms with Crippen LogP contribution in [0.25, 0.3) is 0 Å². The van der Waals surface area contributed by atoms with Crippen LogP contribution in [-0.2, 0) is 23.7 Å². The van der Waals surface area contributed by atoms with Gasteiger partial charge >= 0.3 is 0 Å². The van der Waals surface area contributed by atoms with Crippen molar-refractivity contribution in [3.8, 4) is 0 Å². The first-order chi connectivity index (χ1) is 46.1. The molecule has 0 bridgehead atoms. The van der Waals surface area contributed by atoms with E-state index in [9.17, 15) is 45.6 Å². The first-order valence-electron chi connectivity index (χ1n) is 41.3. The molecular weight excluding hydrogens is 1180 g/mol. The van der Waals surface area contributed by atoms with Crippen LogP contribution in [0.15, 0.2) is 0 Å². The molecule has 2 aliphatic heterocycles. The zero-order chi connectivity index (χ0) is 68.0. The molecular formula is C80H157NO13. The number of unbranched alkanes of at least 4 members (excludes halogenated alkanes) is 58. The fourth-order valence-electron chi connectivity index (χ4n) is 14.3. The molecule has 2 heterocycles. The molecule has 2 saturated heterocycles. The van der Waals surface area contributed by atoms with Crippen molar-refractivity contribution in [1.82, 2.24) is 5.32 Å². The van der Waals surface area contributed by atoms with E-state index in [4.69, 9.17) is 18.9 Å². The van der Waals surface area contributed by atoms with Crippen LogP contribution in [0.4, 0.5) is 0 Å². The highest BCUT2D eigenvalue weighted by Gasteiger charge is 2.51. The summed E-state index contributed by atoms with van der Waals surface area (Å²) in [6.45, 7) is 2.94. The van der Waals surface area contributed by atoms with Crippen molar-refractivity contribution in [3.05, 3.63) is 0 Å². The predicted molar refractivity (Wildman–Crippen MR) is 388 cm³/mol. The zero-order valence-electron chi connectivity index (χ0n) is 61.5. The van der Waals surface area contributed by atoms with Gasteiger partial charge in [-0.3, -0.25) is 4.79 Å². The molecule has 14 nitrogen and oxygen atoms in total. The van der Waals surface area contributed by atoms with Gasteiger partial charge < -0.3 is 65.1 Å². The summed E-state index contributed by atoms with van der Waals surface area (Å²) in [4.78, 5) is 13.4. The fourth-order valence-corrected chi connectivity index (χ4v) is 14.3. The number of hydrogen-bond donors (Lipinski definition) is 9. The number of aliphatic hydroxyl groups excluding tert-OH is 8. The highest BCUT2D eigenvalue weighted by molar-refractivity contribution is 5.76. The first-order valence-corrected chi connectivity index (χ1v) is 41.3. The van der Waals surface area contributed by atoms with Crippen LogP contribution in [0, 0.1) is 0 Å². The monoisotopic (exact) mass is 1340 g/mol. The van der Waals surface area contributed by atoms with Crippen LogP contribution in [0.1, 0.15) is 412 Å². The summed E-state index contributed by atoms with van der Waals surface area (Å²) in [5, 5.41) is 87.8. The lowest BCUT2D eigenvalue weighted by atomic mass is 9.97. The van der Waals surface area contributed by atoms with E-state index in [0.717, 1.165) is 51.4 Å². The number of amides is 1. The van der Waals surface area contributed by atoms with Crippen LogP contribution in [0.2, 0.25) is 0 Å². The third-order valence-electron chi connectivity index (χ3n) is 20.8. The quantitative estimate of drug-likeness (QED) is 0.0259. The number of hydrogen-bond acceptors (Lipinski definition) is 13. The Labute approximate surface area is 578 Å².